The molecule has 0 bridgehead atoms. The second kappa shape index (κ2) is 6.11. The maximum absolute atomic E-state index is 5.94. The van der Waals surface area contributed by atoms with Gasteiger partial charge in [0, 0.05) is 15.7 Å². The van der Waals surface area contributed by atoms with Gasteiger partial charge in [-0.25, -0.2) is 14.6 Å². The Hall–Kier alpha value is -2.63. The summed E-state index contributed by atoms with van der Waals surface area (Å²) in [6.07, 6.45) is 3.25. The second-order valence-electron chi connectivity index (χ2n) is 5.12. The lowest BCUT2D eigenvalue weighted by molar-refractivity contribution is 0.895. The second-order valence-corrected chi connectivity index (χ2v) is 6.00. The molecule has 0 atom stereocenters. The Morgan fingerprint density at radius 1 is 0.833 bits per heavy atom. The van der Waals surface area contributed by atoms with E-state index in [2.05, 4.69) is 20.4 Å². The molecule has 0 saturated heterocycles. The predicted octanol–water partition coefficient (Wildman–Crippen LogP) is 4.87. The molecule has 0 aliphatic carbocycles. The molecule has 7 heteroatoms. The Balaban J connectivity index is 1.76. The number of anilines is 2. The molecule has 2 aromatic heterocycles. The van der Waals surface area contributed by atoms with E-state index in [9.17, 15) is 0 Å². The third-order valence-electron chi connectivity index (χ3n) is 3.54. The first-order valence-corrected chi connectivity index (χ1v) is 7.93. The number of aromatic nitrogens is 4. The summed E-state index contributed by atoms with van der Waals surface area (Å²) in [5, 5.41) is 9.87. The fourth-order valence-corrected chi connectivity index (χ4v) is 2.64. The molecule has 0 amide bonds. The minimum absolute atomic E-state index is 0.676. The van der Waals surface area contributed by atoms with Gasteiger partial charge in [0.25, 0.3) is 0 Å². The van der Waals surface area contributed by atoms with Crippen molar-refractivity contribution in [1.82, 2.24) is 19.7 Å². The zero-order chi connectivity index (χ0) is 16.5. The lowest BCUT2D eigenvalue weighted by Crippen LogP contribution is -1.99. The van der Waals surface area contributed by atoms with Crippen molar-refractivity contribution in [2.24, 2.45) is 0 Å². The van der Waals surface area contributed by atoms with Crippen LogP contribution >= 0.6 is 23.2 Å². The molecule has 24 heavy (non-hydrogen) atoms. The molecule has 5 nitrogen and oxygen atoms in total. The van der Waals surface area contributed by atoms with Gasteiger partial charge >= 0.3 is 0 Å². The van der Waals surface area contributed by atoms with Gasteiger partial charge in [-0.15, -0.1) is 0 Å². The van der Waals surface area contributed by atoms with Crippen molar-refractivity contribution in [3.05, 3.63) is 71.1 Å². The minimum atomic E-state index is 0.676. The molecular weight excluding hydrogens is 345 g/mol. The number of hydrogen-bond acceptors (Lipinski definition) is 4. The Bertz CT molecular complexity index is 994. The van der Waals surface area contributed by atoms with Crippen LogP contribution in [0.15, 0.2) is 61.1 Å². The van der Waals surface area contributed by atoms with Gasteiger partial charge in [0.2, 0.25) is 0 Å². The van der Waals surface area contributed by atoms with E-state index in [4.69, 9.17) is 23.2 Å². The quantitative estimate of drug-likeness (QED) is 0.569. The van der Waals surface area contributed by atoms with Crippen LogP contribution in [0.4, 0.5) is 11.5 Å². The number of nitrogens with zero attached hydrogens (tertiary/aromatic N) is 4. The molecule has 0 spiro atoms. The van der Waals surface area contributed by atoms with Gasteiger partial charge in [0.15, 0.2) is 5.65 Å². The molecule has 118 valence electrons. The minimum Gasteiger partial charge on any atom is -0.340 e. The molecule has 2 aromatic carbocycles. The van der Waals surface area contributed by atoms with Crippen molar-refractivity contribution >= 4 is 45.7 Å². The van der Waals surface area contributed by atoms with Gasteiger partial charge in [-0.2, -0.15) is 5.10 Å². The molecule has 0 fully saturated rings. The summed E-state index contributed by atoms with van der Waals surface area (Å²) in [4.78, 5) is 8.67. The van der Waals surface area contributed by atoms with Crippen LogP contribution in [0.25, 0.3) is 16.7 Å². The summed E-state index contributed by atoms with van der Waals surface area (Å²) < 4.78 is 1.75. The zero-order valence-electron chi connectivity index (χ0n) is 12.3. The number of benzene rings is 2. The molecule has 0 aliphatic rings. The van der Waals surface area contributed by atoms with Crippen LogP contribution in [0.2, 0.25) is 10.0 Å². The van der Waals surface area contributed by atoms with Gasteiger partial charge in [0.05, 0.1) is 17.3 Å². The highest BCUT2D eigenvalue weighted by molar-refractivity contribution is 6.30. The van der Waals surface area contributed by atoms with Gasteiger partial charge < -0.3 is 5.32 Å². The molecule has 1 N–H and O–H groups in total. The highest BCUT2D eigenvalue weighted by atomic mass is 35.5. The fraction of sp³-hybridized carbons (Fsp3) is 0. The third-order valence-corrected chi connectivity index (χ3v) is 4.05. The Morgan fingerprint density at radius 2 is 1.50 bits per heavy atom. The molecule has 0 saturated carbocycles. The van der Waals surface area contributed by atoms with E-state index in [1.54, 1.807) is 10.9 Å². The Labute approximate surface area is 147 Å². The first kappa shape index (κ1) is 14.9. The van der Waals surface area contributed by atoms with Crippen LogP contribution in [0.1, 0.15) is 0 Å². The van der Waals surface area contributed by atoms with Crippen molar-refractivity contribution in [3.8, 4) is 5.69 Å². The number of hydrogen-bond donors (Lipinski definition) is 1. The number of halogens is 2. The molecule has 0 unspecified atom stereocenters. The van der Waals surface area contributed by atoms with E-state index < -0.39 is 0 Å². The molecule has 0 aliphatic heterocycles. The number of fused-ring (bicyclic) bond motifs is 1. The van der Waals surface area contributed by atoms with Crippen molar-refractivity contribution < 1.29 is 0 Å². The van der Waals surface area contributed by atoms with Crippen LogP contribution in [0.5, 0.6) is 0 Å². The topological polar surface area (TPSA) is 55.6 Å². The molecule has 0 radical (unpaired) electrons. The normalized spacial score (nSPS) is 10.9. The summed E-state index contributed by atoms with van der Waals surface area (Å²) in [5.74, 6) is 0.683. The van der Waals surface area contributed by atoms with Gasteiger partial charge in [-0.1, -0.05) is 23.2 Å². The summed E-state index contributed by atoms with van der Waals surface area (Å²) in [6, 6.07) is 14.8. The standard InChI is InChI=1S/C17H11Cl2N5/c18-11-1-5-13(6-2-11)23-16-15-9-22-24(17(15)21-10-20-16)14-7-3-12(19)4-8-14/h1-10H,(H,20,21,23). The van der Waals surface area contributed by atoms with Crippen molar-refractivity contribution in [2.75, 3.05) is 5.32 Å². The SMILES string of the molecule is Clc1ccc(Nc2ncnc3c2cnn3-c2ccc(Cl)cc2)cc1. The highest BCUT2D eigenvalue weighted by Gasteiger charge is 2.11. The van der Waals surface area contributed by atoms with Gasteiger partial charge in [0.1, 0.15) is 12.1 Å². The first-order chi connectivity index (χ1) is 11.7. The lowest BCUT2D eigenvalue weighted by atomic mass is 10.3. The maximum atomic E-state index is 5.94. The van der Waals surface area contributed by atoms with E-state index in [0.29, 0.717) is 21.5 Å². The zero-order valence-corrected chi connectivity index (χ0v) is 13.8. The van der Waals surface area contributed by atoms with E-state index in [-0.39, 0.29) is 0 Å². The molecule has 4 aromatic rings. The maximum Gasteiger partial charge on any atom is 0.168 e. The van der Waals surface area contributed by atoms with Crippen LogP contribution in [0.3, 0.4) is 0 Å². The third kappa shape index (κ3) is 2.79. The largest absolute Gasteiger partial charge is 0.340 e. The smallest absolute Gasteiger partial charge is 0.168 e. The van der Waals surface area contributed by atoms with Gasteiger partial charge in [-0.3, -0.25) is 0 Å². The van der Waals surface area contributed by atoms with Crippen LogP contribution < -0.4 is 5.32 Å². The van der Waals surface area contributed by atoms with E-state index in [1.165, 1.54) is 6.33 Å². The monoisotopic (exact) mass is 355 g/mol. The number of nitrogens with one attached hydrogen (secondary N) is 1. The molecule has 2 heterocycles. The van der Waals surface area contributed by atoms with E-state index in [0.717, 1.165) is 16.8 Å². The van der Waals surface area contributed by atoms with Crippen molar-refractivity contribution in [2.45, 2.75) is 0 Å². The average Bonchev–Trinajstić information content (AvgIpc) is 3.03. The first-order valence-electron chi connectivity index (χ1n) is 7.18. The fourth-order valence-electron chi connectivity index (χ4n) is 2.38. The van der Waals surface area contributed by atoms with Crippen LogP contribution in [0, 0.1) is 0 Å². The van der Waals surface area contributed by atoms with E-state index in [1.807, 2.05) is 48.5 Å². The molecule has 4 rings (SSSR count). The highest BCUT2D eigenvalue weighted by Crippen LogP contribution is 2.25. The number of rotatable bonds is 3. The van der Waals surface area contributed by atoms with Gasteiger partial charge in [-0.05, 0) is 48.5 Å². The Morgan fingerprint density at radius 3 is 2.21 bits per heavy atom. The average molecular weight is 356 g/mol. The molecular formula is C17H11Cl2N5. The summed E-state index contributed by atoms with van der Waals surface area (Å²) in [7, 11) is 0. The van der Waals surface area contributed by atoms with Crippen LogP contribution in [-0.4, -0.2) is 19.7 Å². The van der Waals surface area contributed by atoms with Crippen molar-refractivity contribution in [3.63, 3.8) is 0 Å². The Kier molecular flexibility index (Phi) is 3.80. The lowest BCUT2D eigenvalue weighted by Gasteiger charge is -2.07. The van der Waals surface area contributed by atoms with E-state index >= 15 is 0 Å². The summed E-state index contributed by atoms with van der Waals surface area (Å²) in [5.41, 5.74) is 2.48. The summed E-state index contributed by atoms with van der Waals surface area (Å²) in [6.45, 7) is 0. The predicted molar refractivity (Wildman–Crippen MR) is 96.4 cm³/mol. The van der Waals surface area contributed by atoms with Crippen LogP contribution in [-0.2, 0) is 0 Å². The van der Waals surface area contributed by atoms with Crippen molar-refractivity contribution in [1.29, 1.82) is 0 Å². The summed E-state index contributed by atoms with van der Waals surface area (Å²) >= 11 is 11.9.